The Kier molecular flexibility index (Phi) is 6.68. The van der Waals surface area contributed by atoms with Crippen LogP contribution in [-0.2, 0) is 12.8 Å². The predicted octanol–water partition coefficient (Wildman–Crippen LogP) is 6.83. The summed E-state index contributed by atoms with van der Waals surface area (Å²) < 4.78 is 12.2. The van der Waals surface area contributed by atoms with Crippen LogP contribution in [0.1, 0.15) is 48.9 Å². The molecule has 3 aromatic carbocycles. The molecule has 6 rings (SSSR count). The monoisotopic (exact) mass is 544 g/mol. The summed E-state index contributed by atoms with van der Waals surface area (Å²) in [5.41, 5.74) is 5.97. The van der Waals surface area contributed by atoms with E-state index < -0.39 is 11.8 Å². The smallest absolute Gasteiger partial charge is 0.135 e. The molecule has 0 radical (unpaired) electrons. The van der Waals surface area contributed by atoms with Gasteiger partial charge >= 0.3 is 0 Å². The van der Waals surface area contributed by atoms with Crippen molar-refractivity contribution < 1.29 is 19.4 Å². The summed E-state index contributed by atoms with van der Waals surface area (Å²) in [4.78, 5) is 3.56. The number of benzene rings is 3. The van der Waals surface area contributed by atoms with Gasteiger partial charge in [0.15, 0.2) is 0 Å². The van der Waals surface area contributed by atoms with Gasteiger partial charge in [-0.2, -0.15) is 0 Å². The van der Waals surface area contributed by atoms with Crippen molar-refractivity contribution in [2.75, 3.05) is 6.61 Å². The number of hydrogen-bond donors (Lipinski definition) is 4. The quantitative estimate of drug-likeness (QED) is 0.169. The molecule has 1 aliphatic carbocycles. The minimum Gasteiger partial charge on any atom is -0.491 e. The Morgan fingerprint density at radius 1 is 1.13 bits per heavy atom. The van der Waals surface area contributed by atoms with Crippen molar-refractivity contribution in [3.8, 4) is 17.1 Å². The number of H-pyrrole nitrogens is 1. The summed E-state index contributed by atoms with van der Waals surface area (Å²) in [7, 11) is 0. The summed E-state index contributed by atoms with van der Waals surface area (Å²) in [5.74, 6) is 1.30. The zero-order chi connectivity index (χ0) is 27.3. The van der Waals surface area contributed by atoms with E-state index in [1.54, 1.807) is 0 Å². The third kappa shape index (κ3) is 4.83. The highest BCUT2D eigenvalue weighted by molar-refractivity contribution is 6.31. The van der Waals surface area contributed by atoms with Crippen LogP contribution in [0.15, 0.2) is 65.1 Å². The first-order chi connectivity index (χ1) is 18.7. The third-order valence-corrected chi connectivity index (χ3v) is 7.98. The number of aliphatic hydroxyl groups excluding tert-OH is 2. The molecule has 2 heterocycles. The van der Waals surface area contributed by atoms with Gasteiger partial charge in [0.2, 0.25) is 0 Å². The second-order valence-corrected chi connectivity index (χ2v) is 11.4. The van der Waals surface area contributed by atoms with Gasteiger partial charge in [-0.25, -0.2) is 0 Å². The molecule has 0 amide bonds. The Morgan fingerprint density at radius 3 is 2.72 bits per heavy atom. The summed E-state index contributed by atoms with van der Waals surface area (Å²) in [6.07, 6.45) is 0.815. The van der Waals surface area contributed by atoms with Crippen LogP contribution >= 0.6 is 11.6 Å². The molecule has 0 spiro atoms. The molecule has 6 nitrogen and oxygen atoms in total. The van der Waals surface area contributed by atoms with Gasteiger partial charge in [-0.05, 0) is 93.6 Å². The Hall–Kier alpha value is -3.29. The van der Waals surface area contributed by atoms with E-state index in [1.165, 1.54) is 0 Å². The van der Waals surface area contributed by atoms with Gasteiger partial charge in [0.25, 0.3) is 0 Å². The first-order valence-electron chi connectivity index (χ1n) is 13.4. The molecular weight excluding hydrogens is 512 g/mol. The number of ether oxygens (including phenoxy) is 1. The lowest BCUT2D eigenvalue weighted by Gasteiger charge is -2.39. The molecule has 7 heteroatoms. The fourth-order valence-corrected chi connectivity index (χ4v) is 6.09. The largest absolute Gasteiger partial charge is 0.491 e. The zero-order valence-electron chi connectivity index (χ0n) is 22.3. The molecular formula is C32H33ClN2O4. The lowest BCUT2D eigenvalue weighted by atomic mass is 9.79. The Bertz CT molecular complexity index is 1640. The molecule has 0 saturated heterocycles. The molecule has 2 aromatic heterocycles. The van der Waals surface area contributed by atoms with Crippen LogP contribution in [0, 0.1) is 6.92 Å². The second-order valence-electron chi connectivity index (χ2n) is 11.0. The van der Waals surface area contributed by atoms with Gasteiger partial charge in [0.05, 0.1) is 12.7 Å². The Morgan fingerprint density at radius 2 is 1.95 bits per heavy atom. The van der Waals surface area contributed by atoms with Gasteiger partial charge in [-0.1, -0.05) is 29.8 Å². The number of halogens is 1. The molecule has 0 saturated carbocycles. The number of aromatic nitrogens is 1. The average molecular weight is 545 g/mol. The minimum absolute atomic E-state index is 0.0729. The second kappa shape index (κ2) is 10.0. The maximum Gasteiger partial charge on any atom is 0.135 e. The Labute approximate surface area is 232 Å². The van der Waals surface area contributed by atoms with Crippen molar-refractivity contribution in [3.05, 3.63) is 88.1 Å². The van der Waals surface area contributed by atoms with Crippen molar-refractivity contribution >= 4 is 33.5 Å². The molecule has 39 heavy (non-hydrogen) atoms. The number of hydrogen-bond acceptors (Lipinski definition) is 5. The standard InChI is InChI=1S/C32H33ClN2O4/c1-18(2)38-28-9-8-21(29-14-20-6-4-5-7-27(20)39-29)13-24(28)31(37)35-32(17-36)11-10-26-25(16-32)23-15-22(33)12-19(3)30(23)34-26/h4-9,12-15,18,31,34-37H,10-11,16-17H2,1-3H3. The molecule has 0 fully saturated rings. The van der Waals surface area contributed by atoms with E-state index >= 15 is 0 Å². The number of aryl methyl sites for hydroxylation is 2. The Balaban J connectivity index is 1.35. The van der Waals surface area contributed by atoms with E-state index in [9.17, 15) is 10.2 Å². The van der Waals surface area contributed by atoms with Gasteiger partial charge in [-0.15, -0.1) is 0 Å². The molecule has 202 valence electrons. The number of fused-ring (bicyclic) bond motifs is 4. The predicted molar refractivity (Wildman–Crippen MR) is 155 cm³/mol. The van der Waals surface area contributed by atoms with E-state index in [1.807, 2.05) is 81.4 Å². The number of rotatable bonds is 7. The SMILES string of the molecule is Cc1cc(Cl)cc2c3c([nH]c12)CCC(CO)(NC(O)c1cc(-c2cc4ccccc4o2)ccc1OC(C)C)C3. The number of nitrogens with one attached hydrogen (secondary N) is 2. The minimum atomic E-state index is -1.08. The normalized spacial score (nSPS) is 18.1. The van der Waals surface area contributed by atoms with Crippen molar-refractivity contribution in [2.24, 2.45) is 0 Å². The molecule has 0 aliphatic heterocycles. The summed E-state index contributed by atoms with van der Waals surface area (Å²) in [6, 6.07) is 19.5. The van der Waals surface area contributed by atoms with Crippen LogP contribution in [0.25, 0.3) is 33.2 Å². The maximum absolute atomic E-state index is 11.6. The van der Waals surface area contributed by atoms with Crippen molar-refractivity contribution in [1.29, 1.82) is 0 Å². The van der Waals surface area contributed by atoms with E-state index in [0.29, 0.717) is 34.9 Å². The molecule has 2 atom stereocenters. The van der Waals surface area contributed by atoms with Crippen molar-refractivity contribution in [3.63, 3.8) is 0 Å². The zero-order valence-corrected chi connectivity index (χ0v) is 23.1. The highest BCUT2D eigenvalue weighted by atomic mass is 35.5. The van der Waals surface area contributed by atoms with Gasteiger partial charge in [0.1, 0.15) is 23.3 Å². The van der Waals surface area contributed by atoms with Crippen LogP contribution in [0.3, 0.4) is 0 Å². The van der Waals surface area contributed by atoms with Crippen LogP contribution < -0.4 is 10.1 Å². The molecule has 0 bridgehead atoms. The van der Waals surface area contributed by atoms with Crippen LogP contribution in [0.4, 0.5) is 0 Å². The first-order valence-corrected chi connectivity index (χ1v) is 13.8. The molecule has 4 N–H and O–H groups in total. The third-order valence-electron chi connectivity index (χ3n) is 7.76. The topological polar surface area (TPSA) is 90.7 Å². The lowest BCUT2D eigenvalue weighted by molar-refractivity contribution is 0.0479. The van der Waals surface area contributed by atoms with Crippen LogP contribution in [0.5, 0.6) is 5.75 Å². The molecule has 1 aliphatic rings. The highest BCUT2D eigenvalue weighted by Gasteiger charge is 2.38. The van der Waals surface area contributed by atoms with E-state index in [-0.39, 0.29) is 12.7 Å². The van der Waals surface area contributed by atoms with Gasteiger partial charge < -0.3 is 24.4 Å². The maximum atomic E-state index is 11.6. The number of furan rings is 1. The number of para-hydroxylation sites is 1. The first kappa shape index (κ1) is 26.0. The van der Waals surface area contributed by atoms with Crippen LogP contribution in [0.2, 0.25) is 5.02 Å². The molecule has 5 aromatic rings. The summed E-state index contributed by atoms with van der Waals surface area (Å²) >= 11 is 6.40. The van der Waals surface area contributed by atoms with Crippen LogP contribution in [-0.4, -0.2) is 33.4 Å². The fraction of sp³-hybridized carbons (Fsp3) is 0.312. The van der Waals surface area contributed by atoms with Crippen molar-refractivity contribution in [2.45, 2.75) is 57.9 Å². The highest BCUT2D eigenvalue weighted by Crippen LogP contribution is 2.39. The summed E-state index contributed by atoms with van der Waals surface area (Å²) in [5, 5.41) is 28.4. The van der Waals surface area contributed by atoms with E-state index in [2.05, 4.69) is 10.3 Å². The number of aromatic amines is 1. The van der Waals surface area contributed by atoms with Crippen molar-refractivity contribution in [1.82, 2.24) is 10.3 Å². The van der Waals surface area contributed by atoms with E-state index in [0.717, 1.165) is 50.7 Å². The summed E-state index contributed by atoms with van der Waals surface area (Å²) in [6.45, 7) is 5.83. The lowest BCUT2D eigenvalue weighted by Crippen LogP contribution is -2.53. The fourth-order valence-electron chi connectivity index (χ4n) is 5.81. The van der Waals surface area contributed by atoms with E-state index in [4.69, 9.17) is 20.8 Å². The van der Waals surface area contributed by atoms with Gasteiger partial charge in [-0.3, -0.25) is 5.32 Å². The number of aliphatic hydroxyl groups is 2. The van der Waals surface area contributed by atoms with Gasteiger partial charge in [0, 0.05) is 43.7 Å². The average Bonchev–Trinajstić information content (AvgIpc) is 3.50. The molecule has 2 unspecified atom stereocenters.